The Hall–Kier alpha value is -1.99. The molecule has 8 heteroatoms. The van der Waals surface area contributed by atoms with Gasteiger partial charge in [-0.25, -0.2) is 9.07 Å². The van der Waals surface area contributed by atoms with Crippen LogP contribution < -0.4 is 5.32 Å². The van der Waals surface area contributed by atoms with Crippen LogP contribution in [0.2, 0.25) is 5.02 Å². The first-order chi connectivity index (χ1) is 10.6. The first-order valence-corrected chi connectivity index (χ1v) is 7.33. The standard InChI is InChI=1S/C14H15ClFN5O/c1-9-13(14(22)20-6-4-17-5-7-20)18-19-21(9)10-2-3-12(16)11(15)8-10/h2-3,8,17H,4-7H2,1H3. The summed E-state index contributed by atoms with van der Waals surface area (Å²) in [7, 11) is 0. The largest absolute Gasteiger partial charge is 0.335 e. The SMILES string of the molecule is Cc1c(C(=O)N2CCNCC2)nnn1-c1ccc(F)c(Cl)c1. The molecule has 1 aromatic heterocycles. The number of halogens is 2. The number of rotatable bonds is 2. The lowest BCUT2D eigenvalue weighted by atomic mass is 10.2. The topological polar surface area (TPSA) is 63.1 Å². The minimum Gasteiger partial charge on any atom is -0.335 e. The molecule has 6 nitrogen and oxygen atoms in total. The van der Waals surface area contributed by atoms with Crippen molar-refractivity contribution in [2.75, 3.05) is 26.2 Å². The minimum atomic E-state index is -0.500. The average molecular weight is 324 g/mol. The second-order valence-corrected chi connectivity index (χ2v) is 5.48. The van der Waals surface area contributed by atoms with E-state index in [-0.39, 0.29) is 10.9 Å². The summed E-state index contributed by atoms with van der Waals surface area (Å²) in [6.45, 7) is 4.59. The minimum absolute atomic E-state index is 0.00221. The molecule has 0 aliphatic carbocycles. The smallest absolute Gasteiger partial charge is 0.276 e. The number of piperazine rings is 1. The molecule has 1 amide bonds. The summed E-state index contributed by atoms with van der Waals surface area (Å²) in [5.74, 6) is -0.640. The number of nitrogens with zero attached hydrogens (tertiary/aromatic N) is 4. The molecule has 22 heavy (non-hydrogen) atoms. The Labute approximate surface area is 131 Å². The van der Waals surface area contributed by atoms with Gasteiger partial charge in [0, 0.05) is 26.2 Å². The van der Waals surface area contributed by atoms with Gasteiger partial charge in [0.1, 0.15) is 5.82 Å². The lowest BCUT2D eigenvalue weighted by Gasteiger charge is -2.26. The Kier molecular flexibility index (Phi) is 4.08. The van der Waals surface area contributed by atoms with Crippen LogP contribution in [0.3, 0.4) is 0 Å². The number of carbonyl (C=O) groups is 1. The summed E-state index contributed by atoms with van der Waals surface area (Å²) >= 11 is 5.79. The van der Waals surface area contributed by atoms with Crippen LogP contribution in [0, 0.1) is 12.7 Å². The van der Waals surface area contributed by atoms with Crippen molar-refractivity contribution in [3.63, 3.8) is 0 Å². The quantitative estimate of drug-likeness (QED) is 0.908. The van der Waals surface area contributed by atoms with E-state index in [4.69, 9.17) is 11.6 Å². The molecule has 3 rings (SSSR count). The van der Waals surface area contributed by atoms with E-state index in [2.05, 4.69) is 15.6 Å². The molecule has 0 unspecified atom stereocenters. The molecule has 116 valence electrons. The van der Waals surface area contributed by atoms with Crippen molar-refractivity contribution in [2.24, 2.45) is 0 Å². The van der Waals surface area contributed by atoms with Gasteiger partial charge in [-0.3, -0.25) is 4.79 Å². The van der Waals surface area contributed by atoms with E-state index in [1.807, 2.05) is 0 Å². The van der Waals surface area contributed by atoms with Gasteiger partial charge in [-0.05, 0) is 25.1 Å². The van der Waals surface area contributed by atoms with Crippen LogP contribution in [-0.4, -0.2) is 52.0 Å². The Morgan fingerprint density at radius 3 is 2.77 bits per heavy atom. The van der Waals surface area contributed by atoms with Gasteiger partial charge in [0.25, 0.3) is 5.91 Å². The molecule has 1 aliphatic rings. The van der Waals surface area contributed by atoms with Crippen LogP contribution >= 0.6 is 11.6 Å². The van der Waals surface area contributed by atoms with Crippen molar-refractivity contribution in [1.82, 2.24) is 25.2 Å². The summed E-state index contributed by atoms with van der Waals surface area (Å²) in [5, 5.41) is 11.2. The molecular weight excluding hydrogens is 309 g/mol. The lowest BCUT2D eigenvalue weighted by Crippen LogP contribution is -2.46. The highest BCUT2D eigenvalue weighted by atomic mass is 35.5. The molecule has 1 aliphatic heterocycles. The fraction of sp³-hybridized carbons (Fsp3) is 0.357. The van der Waals surface area contributed by atoms with Gasteiger partial charge in [-0.1, -0.05) is 16.8 Å². The van der Waals surface area contributed by atoms with Crippen molar-refractivity contribution in [2.45, 2.75) is 6.92 Å². The van der Waals surface area contributed by atoms with Crippen LogP contribution in [0.5, 0.6) is 0 Å². The molecule has 1 saturated heterocycles. The second kappa shape index (κ2) is 6.02. The summed E-state index contributed by atoms with van der Waals surface area (Å²) in [6.07, 6.45) is 0. The highest BCUT2D eigenvalue weighted by Gasteiger charge is 2.24. The summed E-state index contributed by atoms with van der Waals surface area (Å²) in [4.78, 5) is 14.2. The van der Waals surface area contributed by atoms with Gasteiger partial charge < -0.3 is 10.2 Å². The number of amides is 1. The van der Waals surface area contributed by atoms with Crippen LogP contribution in [0.25, 0.3) is 5.69 Å². The molecule has 0 atom stereocenters. The Morgan fingerprint density at radius 2 is 2.09 bits per heavy atom. The zero-order valence-electron chi connectivity index (χ0n) is 12.0. The molecule has 1 fully saturated rings. The molecule has 1 N–H and O–H groups in total. The molecule has 2 heterocycles. The number of aromatic nitrogens is 3. The Balaban J connectivity index is 1.91. The third-order valence-corrected chi connectivity index (χ3v) is 3.94. The van der Waals surface area contributed by atoms with Gasteiger partial charge in [-0.2, -0.15) is 0 Å². The van der Waals surface area contributed by atoms with Crippen molar-refractivity contribution in [3.05, 3.63) is 40.4 Å². The van der Waals surface area contributed by atoms with Crippen LogP contribution in [0.15, 0.2) is 18.2 Å². The van der Waals surface area contributed by atoms with E-state index in [1.165, 1.54) is 16.8 Å². The summed E-state index contributed by atoms with van der Waals surface area (Å²) in [6, 6.07) is 4.26. The van der Waals surface area contributed by atoms with Gasteiger partial charge >= 0.3 is 0 Å². The van der Waals surface area contributed by atoms with Crippen molar-refractivity contribution in [1.29, 1.82) is 0 Å². The third kappa shape index (κ3) is 2.69. The second-order valence-electron chi connectivity index (χ2n) is 5.08. The van der Waals surface area contributed by atoms with E-state index >= 15 is 0 Å². The van der Waals surface area contributed by atoms with E-state index < -0.39 is 5.82 Å². The van der Waals surface area contributed by atoms with Crippen LogP contribution in [0.1, 0.15) is 16.2 Å². The predicted octanol–water partition coefficient (Wildman–Crippen LogP) is 1.41. The first kappa shape index (κ1) is 14.9. The van der Waals surface area contributed by atoms with E-state index in [0.29, 0.717) is 30.2 Å². The molecule has 2 aromatic rings. The van der Waals surface area contributed by atoms with Gasteiger partial charge in [0.05, 0.1) is 16.4 Å². The zero-order chi connectivity index (χ0) is 15.7. The number of nitrogens with one attached hydrogen (secondary N) is 1. The van der Waals surface area contributed by atoms with E-state index in [0.717, 1.165) is 13.1 Å². The van der Waals surface area contributed by atoms with Crippen LogP contribution in [-0.2, 0) is 0 Å². The zero-order valence-corrected chi connectivity index (χ0v) is 12.8. The fourth-order valence-electron chi connectivity index (χ4n) is 2.41. The molecule has 0 radical (unpaired) electrons. The molecule has 0 saturated carbocycles. The number of hydrogen-bond acceptors (Lipinski definition) is 4. The summed E-state index contributed by atoms with van der Waals surface area (Å²) < 4.78 is 14.7. The molecular formula is C14H15ClFN5O. The van der Waals surface area contributed by atoms with Crippen molar-refractivity contribution >= 4 is 17.5 Å². The normalized spacial score (nSPS) is 15.1. The van der Waals surface area contributed by atoms with Crippen molar-refractivity contribution in [3.8, 4) is 5.69 Å². The van der Waals surface area contributed by atoms with Crippen LogP contribution in [0.4, 0.5) is 4.39 Å². The maximum absolute atomic E-state index is 13.2. The number of hydrogen-bond donors (Lipinski definition) is 1. The molecule has 0 spiro atoms. The Bertz CT molecular complexity index is 711. The highest BCUT2D eigenvalue weighted by Crippen LogP contribution is 2.20. The van der Waals surface area contributed by atoms with E-state index in [9.17, 15) is 9.18 Å². The third-order valence-electron chi connectivity index (χ3n) is 3.65. The Morgan fingerprint density at radius 1 is 1.36 bits per heavy atom. The number of carbonyl (C=O) groups excluding carboxylic acids is 1. The van der Waals surface area contributed by atoms with Gasteiger partial charge in [0.15, 0.2) is 5.69 Å². The maximum atomic E-state index is 13.2. The lowest BCUT2D eigenvalue weighted by molar-refractivity contribution is 0.0729. The maximum Gasteiger partial charge on any atom is 0.276 e. The highest BCUT2D eigenvalue weighted by molar-refractivity contribution is 6.30. The predicted molar refractivity (Wildman–Crippen MR) is 79.8 cm³/mol. The molecule has 1 aromatic carbocycles. The van der Waals surface area contributed by atoms with Crippen molar-refractivity contribution < 1.29 is 9.18 Å². The first-order valence-electron chi connectivity index (χ1n) is 6.95. The number of benzene rings is 1. The van der Waals surface area contributed by atoms with Gasteiger partial charge in [-0.15, -0.1) is 5.10 Å². The summed E-state index contributed by atoms with van der Waals surface area (Å²) in [5.41, 5.74) is 1.48. The fourth-order valence-corrected chi connectivity index (χ4v) is 2.58. The van der Waals surface area contributed by atoms with E-state index in [1.54, 1.807) is 17.9 Å². The monoisotopic (exact) mass is 323 g/mol. The van der Waals surface area contributed by atoms with Gasteiger partial charge in [0.2, 0.25) is 0 Å². The molecule has 0 bridgehead atoms. The average Bonchev–Trinajstić information content (AvgIpc) is 2.92.